The zero-order chi connectivity index (χ0) is 23.4. The highest BCUT2D eigenvalue weighted by Gasteiger charge is 2.32. The van der Waals surface area contributed by atoms with Crippen molar-refractivity contribution in [2.24, 2.45) is 10.9 Å². The van der Waals surface area contributed by atoms with E-state index in [2.05, 4.69) is 21.7 Å². The number of anilines is 1. The Labute approximate surface area is 193 Å². The molecule has 2 N–H and O–H groups in total. The number of nitrogens with one attached hydrogen (secondary N) is 2. The molecule has 3 atom stereocenters. The normalized spacial score (nSPS) is 20.5. The Bertz CT molecular complexity index is 1110. The second kappa shape index (κ2) is 9.81. The average molecular weight is 445 g/mol. The Morgan fingerprint density at radius 3 is 2.58 bits per heavy atom. The number of hydrogen-bond acceptors (Lipinski definition) is 4. The van der Waals surface area contributed by atoms with Gasteiger partial charge in [0.15, 0.2) is 0 Å². The molecule has 4 rings (SSSR count). The number of fused-ring (bicyclic) bond motifs is 1. The smallest absolute Gasteiger partial charge is 0.272 e. The van der Waals surface area contributed by atoms with Gasteiger partial charge in [-0.3, -0.25) is 14.4 Å². The summed E-state index contributed by atoms with van der Waals surface area (Å²) < 4.78 is 0. The van der Waals surface area contributed by atoms with Crippen molar-refractivity contribution < 1.29 is 14.4 Å². The maximum absolute atomic E-state index is 13.2. The van der Waals surface area contributed by atoms with E-state index in [-0.39, 0.29) is 17.7 Å². The van der Waals surface area contributed by atoms with Crippen LogP contribution in [0.1, 0.15) is 37.3 Å². The SMILES string of the molecule is CC(NC(=O)CC1C=CCC1)C(=O)NC1N=C(c2ccccc2)c2ccccc2N(C)C1=O. The van der Waals surface area contributed by atoms with Crippen molar-refractivity contribution in [3.05, 3.63) is 77.9 Å². The van der Waals surface area contributed by atoms with Crippen molar-refractivity contribution in [1.29, 1.82) is 0 Å². The Kier molecular flexibility index (Phi) is 6.68. The number of nitrogens with zero attached hydrogens (tertiary/aromatic N) is 2. The Morgan fingerprint density at radius 1 is 1.12 bits per heavy atom. The molecule has 0 radical (unpaired) electrons. The maximum atomic E-state index is 13.2. The van der Waals surface area contributed by atoms with E-state index in [0.29, 0.717) is 17.8 Å². The molecule has 3 unspecified atom stereocenters. The fourth-order valence-corrected chi connectivity index (χ4v) is 4.17. The van der Waals surface area contributed by atoms with Crippen LogP contribution < -0.4 is 15.5 Å². The van der Waals surface area contributed by atoms with Crippen LogP contribution in [-0.2, 0) is 14.4 Å². The number of likely N-dealkylation sites (N-methyl/N-ethyl adjacent to an activating group) is 1. The number of benzodiazepines with no additional fused rings is 1. The van der Waals surface area contributed by atoms with Crippen LogP contribution in [0, 0.1) is 5.92 Å². The largest absolute Gasteiger partial charge is 0.345 e. The van der Waals surface area contributed by atoms with Crippen molar-refractivity contribution >= 4 is 29.1 Å². The van der Waals surface area contributed by atoms with Crippen LogP contribution in [0.4, 0.5) is 5.69 Å². The van der Waals surface area contributed by atoms with E-state index >= 15 is 0 Å². The van der Waals surface area contributed by atoms with Crippen LogP contribution in [0.15, 0.2) is 71.7 Å². The van der Waals surface area contributed by atoms with E-state index < -0.39 is 18.1 Å². The molecule has 2 aliphatic rings. The maximum Gasteiger partial charge on any atom is 0.272 e. The van der Waals surface area contributed by atoms with Gasteiger partial charge in [0.1, 0.15) is 6.04 Å². The van der Waals surface area contributed by atoms with E-state index in [1.807, 2.05) is 60.7 Å². The van der Waals surface area contributed by atoms with Crippen molar-refractivity contribution in [1.82, 2.24) is 10.6 Å². The molecule has 0 saturated carbocycles. The Balaban J connectivity index is 1.55. The summed E-state index contributed by atoms with van der Waals surface area (Å²) in [7, 11) is 1.67. The van der Waals surface area contributed by atoms with Gasteiger partial charge in [-0.05, 0) is 31.7 Å². The highest BCUT2D eigenvalue weighted by Crippen LogP contribution is 2.27. The molecule has 0 aromatic heterocycles. The summed E-state index contributed by atoms with van der Waals surface area (Å²) in [5.74, 6) is -0.774. The van der Waals surface area contributed by atoms with Gasteiger partial charge in [0.05, 0.1) is 11.4 Å². The third kappa shape index (κ3) is 5.03. The van der Waals surface area contributed by atoms with Gasteiger partial charge in [0, 0.05) is 24.6 Å². The summed E-state index contributed by atoms with van der Waals surface area (Å²) in [6, 6.07) is 16.3. The number of allylic oxidation sites excluding steroid dienone is 2. The molecule has 2 aromatic carbocycles. The lowest BCUT2D eigenvalue weighted by Gasteiger charge is -2.22. The second-order valence-electron chi connectivity index (χ2n) is 8.43. The van der Waals surface area contributed by atoms with Gasteiger partial charge in [-0.15, -0.1) is 0 Å². The van der Waals surface area contributed by atoms with Crippen LogP contribution in [0.25, 0.3) is 0 Å². The molecule has 1 aliphatic carbocycles. The van der Waals surface area contributed by atoms with Crippen molar-refractivity contribution in [2.75, 3.05) is 11.9 Å². The molecule has 0 fully saturated rings. The lowest BCUT2D eigenvalue weighted by molar-refractivity contribution is -0.131. The quantitative estimate of drug-likeness (QED) is 0.672. The predicted octanol–water partition coefficient (Wildman–Crippen LogP) is 2.80. The minimum Gasteiger partial charge on any atom is -0.345 e. The number of carbonyl (C=O) groups excluding carboxylic acids is 3. The van der Waals surface area contributed by atoms with E-state index in [0.717, 1.165) is 24.0 Å². The molecule has 0 spiro atoms. The summed E-state index contributed by atoms with van der Waals surface area (Å²) in [6.07, 6.45) is 5.29. The topological polar surface area (TPSA) is 90.9 Å². The minimum atomic E-state index is -1.11. The lowest BCUT2D eigenvalue weighted by atomic mass is 10.0. The number of hydrogen-bond donors (Lipinski definition) is 2. The van der Waals surface area contributed by atoms with Crippen molar-refractivity contribution in [3.63, 3.8) is 0 Å². The highest BCUT2D eigenvalue weighted by atomic mass is 16.2. The number of amides is 3. The summed E-state index contributed by atoms with van der Waals surface area (Å²) in [4.78, 5) is 44.6. The van der Waals surface area contributed by atoms with Gasteiger partial charge < -0.3 is 15.5 Å². The van der Waals surface area contributed by atoms with Gasteiger partial charge >= 0.3 is 0 Å². The number of para-hydroxylation sites is 1. The minimum absolute atomic E-state index is 0.181. The number of benzene rings is 2. The molecule has 1 heterocycles. The Morgan fingerprint density at radius 2 is 1.85 bits per heavy atom. The van der Waals surface area contributed by atoms with Gasteiger partial charge in [-0.1, -0.05) is 60.7 Å². The molecular weight excluding hydrogens is 416 g/mol. The molecule has 2 aromatic rings. The Hall–Kier alpha value is -3.74. The van der Waals surface area contributed by atoms with Gasteiger partial charge in [-0.2, -0.15) is 0 Å². The fraction of sp³-hybridized carbons (Fsp3) is 0.308. The van der Waals surface area contributed by atoms with Crippen LogP contribution >= 0.6 is 0 Å². The van der Waals surface area contributed by atoms with E-state index in [9.17, 15) is 14.4 Å². The molecule has 3 amide bonds. The first-order chi connectivity index (χ1) is 15.9. The van der Waals surface area contributed by atoms with Crippen LogP contribution in [0.2, 0.25) is 0 Å². The third-order valence-corrected chi connectivity index (χ3v) is 6.00. The first-order valence-corrected chi connectivity index (χ1v) is 11.2. The summed E-state index contributed by atoms with van der Waals surface area (Å²) in [5, 5.41) is 5.47. The van der Waals surface area contributed by atoms with E-state index in [1.165, 1.54) is 4.90 Å². The molecule has 33 heavy (non-hydrogen) atoms. The number of aliphatic imine (C=N–C) groups is 1. The predicted molar refractivity (Wildman–Crippen MR) is 128 cm³/mol. The zero-order valence-corrected chi connectivity index (χ0v) is 18.8. The average Bonchev–Trinajstić information content (AvgIpc) is 3.30. The fourth-order valence-electron chi connectivity index (χ4n) is 4.17. The van der Waals surface area contributed by atoms with Crippen LogP contribution in [0.5, 0.6) is 0 Å². The van der Waals surface area contributed by atoms with Crippen molar-refractivity contribution in [2.45, 2.75) is 38.4 Å². The standard InChI is InChI=1S/C26H28N4O3/c1-17(27-22(31)16-18-10-6-7-11-18)25(32)29-24-26(33)30(2)21-15-9-8-14-20(21)23(28-24)19-12-4-3-5-13-19/h3-6,8-10,12-15,17-18,24H,7,11,16H2,1-2H3,(H,27,31)(H,29,32). The zero-order valence-electron chi connectivity index (χ0n) is 18.8. The molecular formula is C26H28N4O3. The third-order valence-electron chi connectivity index (χ3n) is 6.00. The van der Waals surface area contributed by atoms with Gasteiger partial charge in [0.2, 0.25) is 18.0 Å². The molecule has 7 heteroatoms. The summed E-state index contributed by atoms with van der Waals surface area (Å²) in [6.45, 7) is 1.61. The summed E-state index contributed by atoms with van der Waals surface area (Å²) >= 11 is 0. The van der Waals surface area contributed by atoms with E-state index in [1.54, 1.807) is 14.0 Å². The van der Waals surface area contributed by atoms with Crippen LogP contribution in [0.3, 0.4) is 0 Å². The molecule has 0 bridgehead atoms. The van der Waals surface area contributed by atoms with Gasteiger partial charge in [0.25, 0.3) is 5.91 Å². The number of carbonyl (C=O) groups is 3. The molecule has 1 aliphatic heterocycles. The lowest BCUT2D eigenvalue weighted by Crippen LogP contribution is -2.52. The molecule has 170 valence electrons. The summed E-state index contributed by atoms with van der Waals surface area (Å²) in [5.41, 5.74) is 2.99. The number of rotatable bonds is 6. The highest BCUT2D eigenvalue weighted by molar-refractivity contribution is 6.20. The second-order valence-corrected chi connectivity index (χ2v) is 8.43. The van der Waals surface area contributed by atoms with E-state index in [4.69, 9.17) is 0 Å². The van der Waals surface area contributed by atoms with Crippen LogP contribution in [-0.4, -0.2) is 42.7 Å². The molecule has 0 saturated heterocycles. The first kappa shape index (κ1) is 22.5. The molecule has 7 nitrogen and oxygen atoms in total. The monoisotopic (exact) mass is 444 g/mol. The van der Waals surface area contributed by atoms with Gasteiger partial charge in [-0.25, -0.2) is 4.99 Å². The van der Waals surface area contributed by atoms with Crippen molar-refractivity contribution in [3.8, 4) is 0 Å². The first-order valence-electron chi connectivity index (χ1n) is 11.2.